The van der Waals surface area contributed by atoms with E-state index in [1.54, 1.807) is 24.3 Å². The lowest BCUT2D eigenvalue weighted by Crippen LogP contribution is -2.30. The Labute approximate surface area is 152 Å². The summed E-state index contributed by atoms with van der Waals surface area (Å²) in [6, 6.07) is 6.80. The first-order valence-electron chi connectivity index (χ1n) is 8.53. The van der Waals surface area contributed by atoms with Crippen LogP contribution in [0.4, 0.5) is 0 Å². The van der Waals surface area contributed by atoms with E-state index in [4.69, 9.17) is 0 Å². The minimum Gasteiger partial charge on any atom is -0.299 e. The Bertz CT molecular complexity index is 849. The van der Waals surface area contributed by atoms with Crippen LogP contribution >= 0.6 is 11.3 Å². The van der Waals surface area contributed by atoms with Gasteiger partial charge in [0, 0.05) is 30.0 Å². The lowest BCUT2D eigenvalue weighted by molar-refractivity contribution is -0.119. The smallest absolute Gasteiger partial charge is 0.243 e. The van der Waals surface area contributed by atoms with Crippen LogP contribution in [0.2, 0.25) is 0 Å². The predicted octanol–water partition coefficient (Wildman–Crippen LogP) is 3.36. The molecule has 0 saturated heterocycles. The van der Waals surface area contributed by atoms with Crippen LogP contribution in [0.25, 0.3) is 11.3 Å². The van der Waals surface area contributed by atoms with E-state index in [0.717, 1.165) is 29.1 Å². The van der Waals surface area contributed by atoms with Crippen molar-refractivity contribution < 1.29 is 13.2 Å². The Hall–Kier alpha value is -1.57. The fraction of sp³-hybridized carbons (Fsp3) is 0.444. The maximum absolute atomic E-state index is 12.5. The average Bonchev–Trinajstić information content (AvgIpc) is 3.36. The lowest BCUT2D eigenvalue weighted by atomic mass is 10.2. The molecule has 1 aromatic heterocycles. The number of hydrogen-bond donors (Lipinski definition) is 0. The van der Waals surface area contributed by atoms with Crippen LogP contribution in [0.3, 0.4) is 0 Å². The largest absolute Gasteiger partial charge is 0.299 e. The number of aromatic nitrogens is 1. The summed E-state index contributed by atoms with van der Waals surface area (Å²) in [5, 5.41) is 2.75. The zero-order valence-electron chi connectivity index (χ0n) is 14.4. The summed E-state index contributed by atoms with van der Waals surface area (Å²) in [4.78, 5) is 16.7. The molecule has 1 aromatic carbocycles. The molecule has 1 aliphatic rings. The third-order valence-electron chi connectivity index (χ3n) is 4.40. The van der Waals surface area contributed by atoms with Crippen LogP contribution in [0.15, 0.2) is 34.5 Å². The second kappa shape index (κ2) is 7.35. The number of carbonyl (C=O) groups is 1. The van der Waals surface area contributed by atoms with E-state index in [-0.39, 0.29) is 11.7 Å². The molecule has 25 heavy (non-hydrogen) atoms. The fourth-order valence-electron chi connectivity index (χ4n) is 2.73. The summed E-state index contributed by atoms with van der Waals surface area (Å²) in [5.74, 6) is 0.526. The van der Waals surface area contributed by atoms with E-state index in [9.17, 15) is 13.2 Å². The number of nitrogens with zero attached hydrogens (tertiary/aromatic N) is 2. The van der Waals surface area contributed by atoms with Gasteiger partial charge in [-0.05, 0) is 25.0 Å². The van der Waals surface area contributed by atoms with Gasteiger partial charge >= 0.3 is 0 Å². The van der Waals surface area contributed by atoms with Gasteiger partial charge in [-0.25, -0.2) is 13.4 Å². The molecule has 2 aromatic rings. The van der Waals surface area contributed by atoms with Crippen molar-refractivity contribution in [2.45, 2.75) is 38.0 Å². The molecular formula is C18H22N2O3S2. The van der Waals surface area contributed by atoms with Gasteiger partial charge in [0.15, 0.2) is 0 Å². The van der Waals surface area contributed by atoms with Gasteiger partial charge in [0.25, 0.3) is 0 Å². The van der Waals surface area contributed by atoms with Gasteiger partial charge in [-0.1, -0.05) is 26.0 Å². The standard InChI is InChI=1S/C18H22N2O3S2/c1-3-20(4-2)25(22,23)15-9-7-13(8-10-15)16-12-24-18(19-16)11-17(21)14-5-6-14/h7-10,12,14H,3-6,11H2,1-2H3. The van der Waals surface area contributed by atoms with Gasteiger partial charge in [0.1, 0.15) is 10.8 Å². The summed E-state index contributed by atoms with van der Waals surface area (Å²) in [6.45, 7) is 4.56. The number of carbonyl (C=O) groups excluding carboxylic acids is 1. The second-order valence-corrected chi connectivity index (χ2v) is 9.04. The highest BCUT2D eigenvalue weighted by Crippen LogP contribution is 2.32. The summed E-state index contributed by atoms with van der Waals surface area (Å²) < 4.78 is 26.5. The maximum atomic E-state index is 12.5. The Morgan fingerprint density at radius 3 is 2.40 bits per heavy atom. The quantitative estimate of drug-likeness (QED) is 0.706. The van der Waals surface area contributed by atoms with Crippen LogP contribution in [0.5, 0.6) is 0 Å². The van der Waals surface area contributed by atoms with Crippen molar-refractivity contribution in [3.05, 3.63) is 34.7 Å². The van der Waals surface area contributed by atoms with Crippen LogP contribution < -0.4 is 0 Å². The molecule has 0 spiro atoms. The highest BCUT2D eigenvalue weighted by atomic mass is 32.2. The predicted molar refractivity (Wildman–Crippen MR) is 99.1 cm³/mol. The normalized spacial score (nSPS) is 14.8. The molecule has 3 rings (SSSR count). The van der Waals surface area contributed by atoms with Gasteiger partial charge in [0.05, 0.1) is 17.0 Å². The summed E-state index contributed by atoms with van der Waals surface area (Å²) in [7, 11) is -3.44. The first-order valence-corrected chi connectivity index (χ1v) is 10.8. The highest BCUT2D eigenvalue weighted by molar-refractivity contribution is 7.89. The maximum Gasteiger partial charge on any atom is 0.243 e. The molecule has 5 nitrogen and oxygen atoms in total. The van der Waals surface area contributed by atoms with Crippen molar-refractivity contribution in [2.75, 3.05) is 13.1 Å². The van der Waals surface area contributed by atoms with Crippen LogP contribution in [0, 0.1) is 5.92 Å². The fourth-order valence-corrected chi connectivity index (χ4v) is 5.00. The molecule has 0 aliphatic heterocycles. The number of ketones is 1. The molecule has 0 radical (unpaired) electrons. The number of hydrogen-bond acceptors (Lipinski definition) is 5. The Morgan fingerprint density at radius 2 is 1.84 bits per heavy atom. The molecule has 0 N–H and O–H groups in total. The van der Waals surface area contributed by atoms with Crippen molar-refractivity contribution in [2.24, 2.45) is 5.92 Å². The van der Waals surface area contributed by atoms with E-state index >= 15 is 0 Å². The van der Waals surface area contributed by atoms with Gasteiger partial charge in [-0.3, -0.25) is 4.79 Å². The molecule has 0 unspecified atom stereocenters. The molecule has 1 aliphatic carbocycles. The van der Waals surface area contributed by atoms with Gasteiger partial charge in [-0.15, -0.1) is 11.3 Å². The van der Waals surface area contributed by atoms with Crippen molar-refractivity contribution in [1.29, 1.82) is 0 Å². The first-order chi connectivity index (χ1) is 12.0. The van der Waals surface area contributed by atoms with Gasteiger partial charge in [0.2, 0.25) is 10.0 Å². The SMILES string of the molecule is CCN(CC)S(=O)(=O)c1ccc(-c2csc(CC(=O)C3CC3)n2)cc1. The topological polar surface area (TPSA) is 67.3 Å². The zero-order chi connectivity index (χ0) is 18.0. The van der Waals surface area contributed by atoms with E-state index < -0.39 is 10.0 Å². The molecule has 134 valence electrons. The lowest BCUT2D eigenvalue weighted by Gasteiger charge is -2.18. The van der Waals surface area contributed by atoms with Crippen LogP contribution in [-0.2, 0) is 21.2 Å². The van der Waals surface area contributed by atoms with Crippen LogP contribution in [-0.4, -0.2) is 36.6 Å². The molecule has 1 fully saturated rings. The van der Waals surface area contributed by atoms with E-state index in [1.807, 2.05) is 19.2 Å². The molecular weight excluding hydrogens is 356 g/mol. The van der Waals surface area contributed by atoms with Crippen LogP contribution in [0.1, 0.15) is 31.7 Å². The number of benzene rings is 1. The molecule has 0 atom stereocenters. The molecule has 1 saturated carbocycles. The molecule has 1 heterocycles. The Morgan fingerprint density at radius 1 is 1.20 bits per heavy atom. The zero-order valence-corrected chi connectivity index (χ0v) is 16.1. The molecule has 0 bridgehead atoms. The molecule has 0 amide bonds. The number of thiazole rings is 1. The minimum absolute atomic E-state index is 0.247. The third kappa shape index (κ3) is 3.99. The summed E-state index contributed by atoms with van der Waals surface area (Å²) >= 11 is 1.48. The van der Waals surface area contributed by atoms with Crippen molar-refractivity contribution in [3.8, 4) is 11.3 Å². The Kier molecular flexibility index (Phi) is 5.36. The van der Waals surface area contributed by atoms with Crippen molar-refractivity contribution >= 4 is 27.1 Å². The minimum atomic E-state index is -3.44. The van der Waals surface area contributed by atoms with Gasteiger partial charge in [-0.2, -0.15) is 4.31 Å². The highest BCUT2D eigenvalue weighted by Gasteiger charge is 2.29. The second-order valence-electron chi connectivity index (χ2n) is 6.16. The third-order valence-corrected chi connectivity index (χ3v) is 7.32. The van der Waals surface area contributed by atoms with E-state index in [2.05, 4.69) is 4.98 Å². The average molecular weight is 379 g/mol. The number of sulfonamides is 1. The molecule has 7 heteroatoms. The van der Waals surface area contributed by atoms with Crippen molar-refractivity contribution in [3.63, 3.8) is 0 Å². The first kappa shape index (κ1) is 18.2. The number of rotatable bonds is 8. The number of Topliss-reactive ketones (excluding diaryl/α,β-unsaturated/α-hetero) is 1. The summed E-state index contributed by atoms with van der Waals surface area (Å²) in [5.41, 5.74) is 1.65. The van der Waals surface area contributed by atoms with E-state index in [0.29, 0.717) is 24.4 Å². The monoisotopic (exact) mass is 378 g/mol. The van der Waals surface area contributed by atoms with Gasteiger partial charge < -0.3 is 0 Å². The van der Waals surface area contributed by atoms with E-state index in [1.165, 1.54) is 15.6 Å². The Balaban J connectivity index is 1.76. The van der Waals surface area contributed by atoms with Crippen molar-refractivity contribution in [1.82, 2.24) is 9.29 Å². The summed E-state index contributed by atoms with van der Waals surface area (Å²) in [6.07, 6.45) is 2.43.